The molecule has 0 unspecified atom stereocenters. The van der Waals surface area contributed by atoms with Crippen molar-refractivity contribution in [2.45, 2.75) is 19.3 Å². The number of para-hydroxylation sites is 1. The van der Waals surface area contributed by atoms with E-state index in [4.69, 9.17) is 0 Å². The van der Waals surface area contributed by atoms with E-state index >= 15 is 0 Å². The van der Waals surface area contributed by atoms with Gasteiger partial charge in [-0.1, -0.05) is 29.9 Å². The van der Waals surface area contributed by atoms with Crippen molar-refractivity contribution in [2.24, 2.45) is 0 Å². The molecule has 5 nitrogen and oxygen atoms in total. The standard InChI is InChI=1S/C15H20N4OS/c20-14(16-8-11-19-9-4-1-5-10-19)18-15-17-12-6-2-3-7-13(12)21-15/h2-3,6-7H,1,4-5,8-11H2,(H2,16,17,18,20). The molecule has 1 saturated heterocycles. The van der Waals surface area contributed by atoms with Crippen molar-refractivity contribution in [3.8, 4) is 0 Å². The van der Waals surface area contributed by atoms with Crippen molar-refractivity contribution >= 4 is 32.7 Å². The van der Waals surface area contributed by atoms with Crippen LogP contribution in [0.3, 0.4) is 0 Å². The Morgan fingerprint density at radius 2 is 2.05 bits per heavy atom. The maximum absolute atomic E-state index is 11.9. The van der Waals surface area contributed by atoms with Gasteiger partial charge < -0.3 is 10.2 Å². The van der Waals surface area contributed by atoms with Crippen LogP contribution in [0.1, 0.15) is 19.3 Å². The predicted molar refractivity (Wildman–Crippen MR) is 86.9 cm³/mol. The molecule has 2 aromatic rings. The fourth-order valence-corrected chi connectivity index (χ4v) is 3.44. The minimum Gasteiger partial charge on any atom is -0.337 e. The van der Waals surface area contributed by atoms with Gasteiger partial charge in [-0.05, 0) is 38.1 Å². The molecule has 1 aliphatic rings. The van der Waals surface area contributed by atoms with Gasteiger partial charge in [0.05, 0.1) is 10.2 Å². The smallest absolute Gasteiger partial charge is 0.321 e. The van der Waals surface area contributed by atoms with Gasteiger partial charge in [-0.2, -0.15) is 0 Å². The number of rotatable bonds is 4. The lowest BCUT2D eigenvalue weighted by molar-refractivity contribution is 0.224. The van der Waals surface area contributed by atoms with Crippen LogP contribution in [0.4, 0.5) is 9.93 Å². The first kappa shape index (κ1) is 14.3. The van der Waals surface area contributed by atoms with E-state index in [1.54, 1.807) is 0 Å². The summed E-state index contributed by atoms with van der Waals surface area (Å²) < 4.78 is 1.08. The maximum Gasteiger partial charge on any atom is 0.321 e. The van der Waals surface area contributed by atoms with E-state index in [2.05, 4.69) is 20.5 Å². The fraction of sp³-hybridized carbons (Fsp3) is 0.467. The minimum absolute atomic E-state index is 0.175. The molecule has 2 N–H and O–H groups in total. The van der Waals surface area contributed by atoms with Crippen molar-refractivity contribution < 1.29 is 4.79 Å². The molecule has 21 heavy (non-hydrogen) atoms. The van der Waals surface area contributed by atoms with Crippen molar-refractivity contribution in [3.05, 3.63) is 24.3 Å². The second-order valence-electron chi connectivity index (χ2n) is 5.27. The van der Waals surface area contributed by atoms with Crippen molar-refractivity contribution in [3.63, 3.8) is 0 Å². The largest absolute Gasteiger partial charge is 0.337 e. The van der Waals surface area contributed by atoms with E-state index in [1.165, 1.54) is 30.6 Å². The number of fused-ring (bicyclic) bond motifs is 1. The van der Waals surface area contributed by atoms with Crippen LogP contribution in [0.2, 0.25) is 0 Å². The molecule has 0 aliphatic carbocycles. The molecule has 1 fully saturated rings. The third-order valence-electron chi connectivity index (χ3n) is 3.68. The third-order valence-corrected chi connectivity index (χ3v) is 4.63. The van der Waals surface area contributed by atoms with E-state index in [0.29, 0.717) is 11.7 Å². The van der Waals surface area contributed by atoms with Gasteiger partial charge in [0.1, 0.15) is 0 Å². The Balaban J connectivity index is 1.45. The topological polar surface area (TPSA) is 57.3 Å². The lowest BCUT2D eigenvalue weighted by Crippen LogP contribution is -2.39. The van der Waals surface area contributed by atoms with E-state index in [1.807, 2.05) is 24.3 Å². The van der Waals surface area contributed by atoms with E-state index in [0.717, 1.165) is 29.9 Å². The van der Waals surface area contributed by atoms with Crippen LogP contribution < -0.4 is 10.6 Å². The van der Waals surface area contributed by atoms with Crippen LogP contribution in [0.15, 0.2) is 24.3 Å². The Morgan fingerprint density at radius 1 is 1.24 bits per heavy atom. The number of carbonyl (C=O) groups is 1. The quantitative estimate of drug-likeness (QED) is 0.913. The summed E-state index contributed by atoms with van der Waals surface area (Å²) in [5, 5.41) is 6.35. The number of amides is 2. The number of nitrogens with one attached hydrogen (secondary N) is 2. The number of nitrogens with zero attached hydrogens (tertiary/aromatic N) is 2. The summed E-state index contributed by atoms with van der Waals surface area (Å²) in [6.07, 6.45) is 3.89. The molecule has 2 amide bonds. The zero-order chi connectivity index (χ0) is 14.5. The Kier molecular flexibility index (Phi) is 4.67. The van der Waals surface area contributed by atoms with Crippen LogP contribution >= 0.6 is 11.3 Å². The molecule has 3 rings (SSSR count). The van der Waals surface area contributed by atoms with Gasteiger partial charge in [-0.3, -0.25) is 5.32 Å². The minimum atomic E-state index is -0.175. The molecule has 1 aliphatic heterocycles. The average molecular weight is 304 g/mol. The zero-order valence-electron chi connectivity index (χ0n) is 12.0. The van der Waals surface area contributed by atoms with Gasteiger partial charge in [-0.15, -0.1) is 0 Å². The van der Waals surface area contributed by atoms with Gasteiger partial charge >= 0.3 is 6.03 Å². The Hall–Kier alpha value is -1.66. The molecule has 0 bridgehead atoms. The highest BCUT2D eigenvalue weighted by atomic mass is 32.1. The SMILES string of the molecule is O=C(NCCN1CCCCC1)Nc1nc2ccccc2s1. The summed E-state index contributed by atoms with van der Waals surface area (Å²) in [4.78, 5) is 18.6. The molecule has 2 heterocycles. The second kappa shape index (κ2) is 6.87. The first-order chi connectivity index (χ1) is 10.3. The van der Waals surface area contributed by atoms with Crippen LogP contribution in [-0.4, -0.2) is 42.1 Å². The Labute approximate surface area is 128 Å². The van der Waals surface area contributed by atoms with Crippen LogP contribution in [0, 0.1) is 0 Å². The first-order valence-corrected chi connectivity index (χ1v) is 8.26. The molecular formula is C15H20N4OS. The summed E-state index contributed by atoms with van der Waals surface area (Å²) >= 11 is 1.49. The van der Waals surface area contributed by atoms with E-state index in [-0.39, 0.29) is 6.03 Å². The molecule has 0 spiro atoms. The summed E-state index contributed by atoms with van der Waals surface area (Å²) in [5.41, 5.74) is 0.922. The van der Waals surface area contributed by atoms with Gasteiger partial charge in [0.25, 0.3) is 0 Å². The van der Waals surface area contributed by atoms with Crippen molar-refractivity contribution in [1.29, 1.82) is 0 Å². The van der Waals surface area contributed by atoms with Gasteiger partial charge in [0.15, 0.2) is 5.13 Å². The molecule has 0 radical (unpaired) electrons. The number of benzene rings is 1. The molecular weight excluding hydrogens is 284 g/mol. The number of aromatic nitrogens is 1. The number of hydrogen-bond donors (Lipinski definition) is 2. The molecule has 0 atom stereocenters. The van der Waals surface area contributed by atoms with Crippen LogP contribution in [0.5, 0.6) is 0 Å². The molecule has 1 aromatic heterocycles. The number of urea groups is 1. The molecule has 112 valence electrons. The monoisotopic (exact) mass is 304 g/mol. The summed E-state index contributed by atoms with van der Waals surface area (Å²) in [7, 11) is 0. The summed E-state index contributed by atoms with van der Waals surface area (Å²) in [6.45, 7) is 3.91. The van der Waals surface area contributed by atoms with Crippen LogP contribution in [-0.2, 0) is 0 Å². The molecule has 6 heteroatoms. The lowest BCUT2D eigenvalue weighted by atomic mass is 10.1. The number of hydrogen-bond acceptors (Lipinski definition) is 4. The van der Waals surface area contributed by atoms with Crippen molar-refractivity contribution in [2.75, 3.05) is 31.5 Å². The molecule has 1 aromatic carbocycles. The number of thiazole rings is 1. The van der Waals surface area contributed by atoms with Crippen LogP contribution in [0.25, 0.3) is 10.2 Å². The van der Waals surface area contributed by atoms with Gasteiger partial charge in [-0.25, -0.2) is 9.78 Å². The molecule has 0 saturated carbocycles. The first-order valence-electron chi connectivity index (χ1n) is 7.44. The highest BCUT2D eigenvalue weighted by molar-refractivity contribution is 7.22. The predicted octanol–water partition coefficient (Wildman–Crippen LogP) is 2.90. The van der Waals surface area contributed by atoms with Crippen molar-refractivity contribution in [1.82, 2.24) is 15.2 Å². The average Bonchev–Trinajstić information content (AvgIpc) is 2.90. The lowest BCUT2D eigenvalue weighted by Gasteiger charge is -2.26. The normalized spacial score (nSPS) is 16.0. The number of carbonyl (C=O) groups excluding carboxylic acids is 1. The highest BCUT2D eigenvalue weighted by Gasteiger charge is 2.10. The zero-order valence-corrected chi connectivity index (χ0v) is 12.8. The summed E-state index contributed by atoms with van der Waals surface area (Å²) in [6, 6.07) is 7.71. The number of piperidine rings is 1. The number of anilines is 1. The number of likely N-dealkylation sites (tertiary alicyclic amines) is 1. The van der Waals surface area contributed by atoms with Gasteiger partial charge in [0.2, 0.25) is 0 Å². The maximum atomic E-state index is 11.9. The Morgan fingerprint density at radius 3 is 2.86 bits per heavy atom. The summed E-state index contributed by atoms with van der Waals surface area (Å²) in [5.74, 6) is 0. The third kappa shape index (κ3) is 3.92. The van der Waals surface area contributed by atoms with E-state index in [9.17, 15) is 4.79 Å². The van der Waals surface area contributed by atoms with E-state index < -0.39 is 0 Å². The fourth-order valence-electron chi connectivity index (χ4n) is 2.58. The Bertz CT molecular complexity index is 573. The van der Waals surface area contributed by atoms with Gasteiger partial charge in [0, 0.05) is 13.1 Å². The second-order valence-corrected chi connectivity index (χ2v) is 6.30. The highest BCUT2D eigenvalue weighted by Crippen LogP contribution is 2.25.